The van der Waals surface area contributed by atoms with Crippen LogP contribution >= 0.6 is 23.2 Å². The molecule has 0 aliphatic carbocycles. The molecule has 0 spiro atoms. The molecule has 3 rings (SSSR count). The molecule has 0 atom stereocenters. The van der Waals surface area contributed by atoms with E-state index < -0.39 is 0 Å². The molecule has 6 heteroatoms. The maximum Gasteiger partial charge on any atom is 0.0951 e. The minimum absolute atomic E-state index is 0.684. The second-order valence-corrected chi connectivity index (χ2v) is 6.03. The number of imidazole rings is 1. The van der Waals surface area contributed by atoms with E-state index in [4.69, 9.17) is 23.2 Å². The summed E-state index contributed by atoms with van der Waals surface area (Å²) < 4.78 is 2.14. The van der Waals surface area contributed by atoms with Gasteiger partial charge in [-0.15, -0.1) is 0 Å². The fourth-order valence-corrected chi connectivity index (χ4v) is 2.99. The van der Waals surface area contributed by atoms with Gasteiger partial charge in [0.25, 0.3) is 0 Å². The molecule has 0 unspecified atom stereocenters. The van der Waals surface area contributed by atoms with E-state index in [1.165, 1.54) is 0 Å². The normalized spacial score (nSPS) is 16.3. The van der Waals surface area contributed by atoms with Gasteiger partial charge in [-0.2, -0.15) is 0 Å². The van der Waals surface area contributed by atoms with Gasteiger partial charge in [0.15, 0.2) is 0 Å². The molecule has 1 aromatic heterocycles. The Hall–Kier alpha value is -1.07. The van der Waals surface area contributed by atoms with Crippen LogP contribution in [-0.4, -0.2) is 47.2 Å². The van der Waals surface area contributed by atoms with Crippen molar-refractivity contribution in [3.8, 4) is 11.3 Å². The van der Waals surface area contributed by atoms with Crippen LogP contribution in [0.5, 0.6) is 0 Å². The molecule has 0 amide bonds. The Bertz CT molecular complexity index is 605. The molecule has 21 heavy (non-hydrogen) atoms. The number of rotatable bonds is 4. The van der Waals surface area contributed by atoms with E-state index in [0.717, 1.165) is 50.5 Å². The Kier molecular flexibility index (Phi) is 4.80. The molecule has 0 saturated carbocycles. The predicted octanol–water partition coefficient (Wildman–Crippen LogP) is 2.76. The lowest BCUT2D eigenvalue weighted by molar-refractivity contribution is 0.233. The minimum Gasteiger partial charge on any atom is -0.329 e. The summed E-state index contributed by atoms with van der Waals surface area (Å²) in [5.74, 6) is 0. The zero-order valence-electron chi connectivity index (χ0n) is 11.7. The Morgan fingerprint density at radius 3 is 2.76 bits per heavy atom. The smallest absolute Gasteiger partial charge is 0.0951 e. The first kappa shape index (κ1) is 14.9. The van der Waals surface area contributed by atoms with Crippen molar-refractivity contribution in [1.29, 1.82) is 0 Å². The highest BCUT2D eigenvalue weighted by atomic mass is 35.5. The third kappa shape index (κ3) is 3.58. The van der Waals surface area contributed by atoms with Crippen LogP contribution in [0.2, 0.25) is 10.0 Å². The van der Waals surface area contributed by atoms with Crippen molar-refractivity contribution < 1.29 is 0 Å². The van der Waals surface area contributed by atoms with Gasteiger partial charge in [-0.1, -0.05) is 23.2 Å². The van der Waals surface area contributed by atoms with Crippen LogP contribution in [0.3, 0.4) is 0 Å². The predicted molar refractivity (Wildman–Crippen MR) is 87.0 cm³/mol. The number of halogens is 2. The van der Waals surface area contributed by atoms with Crippen molar-refractivity contribution in [2.45, 2.75) is 6.54 Å². The largest absolute Gasteiger partial charge is 0.329 e. The Morgan fingerprint density at radius 1 is 1.14 bits per heavy atom. The Balaban J connectivity index is 1.75. The third-order valence-corrected chi connectivity index (χ3v) is 4.35. The molecule has 4 nitrogen and oxygen atoms in total. The summed E-state index contributed by atoms with van der Waals surface area (Å²) in [6, 6.07) is 5.52. The first-order valence-electron chi connectivity index (χ1n) is 7.12. The number of aromatic nitrogens is 2. The summed E-state index contributed by atoms with van der Waals surface area (Å²) in [4.78, 5) is 6.72. The lowest BCUT2D eigenvalue weighted by Crippen LogP contribution is -2.44. The summed E-state index contributed by atoms with van der Waals surface area (Å²) >= 11 is 12.4. The topological polar surface area (TPSA) is 33.1 Å². The second-order valence-electron chi connectivity index (χ2n) is 5.19. The van der Waals surface area contributed by atoms with Crippen molar-refractivity contribution in [3.63, 3.8) is 0 Å². The van der Waals surface area contributed by atoms with Gasteiger partial charge in [0, 0.05) is 49.9 Å². The van der Waals surface area contributed by atoms with Crippen molar-refractivity contribution in [3.05, 3.63) is 40.8 Å². The van der Waals surface area contributed by atoms with Gasteiger partial charge < -0.3 is 9.88 Å². The molecule has 1 N–H and O–H groups in total. The van der Waals surface area contributed by atoms with Gasteiger partial charge in [-0.05, 0) is 18.2 Å². The van der Waals surface area contributed by atoms with Crippen LogP contribution in [0.4, 0.5) is 0 Å². The molecule has 0 radical (unpaired) electrons. The summed E-state index contributed by atoms with van der Waals surface area (Å²) in [6.45, 7) is 6.25. The van der Waals surface area contributed by atoms with E-state index in [0.29, 0.717) is 10.0 Å². The van der Waals surface area contributed by atoms with Crippen molar-refractivity contribution in [2.75, 3.05) is 32.7 Å². The molecule has 2 heterocycles. The van der Waals surface area contributed by atoms with E-state index >= 15 is 0 Å². The number of nitrogens with zero attached hydrogens (tertiary/aromatic N) is 3. The standard InChI is InChI=1S/C15H18Cl2N4/c16-12-1-2-14(17)13(9-12)15-10-19-11-21(15)8-7-20-5-3-18-4-6-20/h1-2,9-11,18H,3-8H2. The molecule has 1 aliphatic rings. The van der Waals surface area contributed by atoms with Crippen molar-refractivity contribution in [2.24, 2.45) is 0 Å². The van der Waals surface area contributed by atoms with Gasteiger partial charge >= 0.3 is 0 Å². The molecule has 1 fully saturated rings. The van der Waals surface area contributed by atoms with Gasteiger partial charge in [0.05, 0.1) is 23.2 Å². The summed E-state index contributed by atoms with van der Waals surface area (Å²) in [5, 5.41) is 4.75. The van der Waals surface area contributed by atoms with Gasteiger partial charge in [0.1, 0.15) is 0 Å². The summed E-state index contributed by atoms with van der Waals surface area (Å²) in [6.07, 6.45) is 3.70. The first-order chi connectivity index (χ1) is 10.2. The molecular weight excluding hydrogens is 307 g/mol. The lowest BCUT2D eigenvalue weighted by Gasteiger charge is -2.27. The lowest BCUT2D eigenvalue weighted by atomic mass is 10.1. The zero-order valence-corrected chi connectivity index (χ0v) is 13.2. The average Bonchev–Trinajstić information content (AvgIpc) is 2.97. The molecular formula is C15H18Cl2N4. The van der Waals surface area contributed by atoms with E-state index in [9.17, 15) is 0 Å². The maximum atomic E-state index is 6.29. The average molecular weight is 325 g/mol. The number of nitrogens with one attached hydrogen (secondary N) is 1. The molecule has 1 saturated heterocycles. The fraction of sp³-hybridized carbons (Fsp3) is 0.400. The number of hydrogen-bond acceptors (Lipinski definition) is 3. The highest BCUT2D eigenvalue weighted by molar-refractivity contribution is 6.35. The minimum atomic E-state index is 0.684. The van der Waals surface area contributed by atoms with E-state index in [1.807, 2.05) is 24.7 Å². The molecule has 2 aromatic rings. The SMILES string of the molecule is Clc1ccc(Cl)c(-c2cncn2CCN2CCNCC2)c1. The summed E-state index contributed by atoms with van der Waals surface area (Å²) in [7, 11) is 0. The third-order valence-electron chi connectivity index (χ3n) is 3.78. The first-order valence-corrected chi connectivity index (χ1v) is 7.88. The molecule has 112 valence electrons. The number of hydrogen-bond donors (Lipinski definition) is 1. The van der Waals surface area contributed by atoms with Gasteiger partial charge in [0.2, 0.25) is 0 Å². The van der Waals surface area contributed by atoms with Crippen molar-refractivity contribution >= 4 is 23.2 Å². The van der Waals surface area contributed by atoms with Gasteiger partial charge in [-0.3, -0.25) is 4.90 Å². The van der Waals surface area contributed by atoms with Crippen LogP contribution in [-0.2, 0) is 6.54 Å². The fourth-order valence-electron chi connectivity index (χ4n) is 2.60. The summed E-state index contributed by atoms with van der Waals surface area (Å²) in [5.41, 5.74) is 1.94. The Labute approximate surface area is 134 Å². The monoisotopic (exact) mass is 324 g/mol. The van der Waals surface area contributed by atoms with Crippen LogP contribution in [0.15, 0.2) is 30.7 Å². The molecule has 1 aromatic carbocycles. The highest BCUT2D eigenvalue weighted by Gasteiger charge is 2.12. The van der Waals surface area contributed by atoms with Crippen LogP contribution in [0.1, 0.15) is 0 Å². The molecule has 0 bridgehead atoms. The highest BCUT2D eigenvalue weighted by Crippen LogP contribution is 2.30. The second kappa shape index (κ2) is 6.79. The molecule has 1 aliphatic heterocycles. The van der Waals surface area contributed by atoms with E-state index in [1.54, 1.807) is 6.07 Å². The van der Waals surface area contributed by atoms with E-state index in [-0.39, 0.29) is 0 Å². The van der Waals surface area contributed by atoms with Crippen LogP contribution < -0.4 is 5.32 Å². The van der Waals surface area contributed by atoms with Crippen LogP contribution in [0, 0.1) is 0 Å². The van der Waals surface area contributed by atoms with Gasteiger partial charge in [-0.25, -0.2) is 4.98 Å². The quantitative estimate of drug-likeness (QED) is 0.938. The number of piperazine rings is 1. The zero-order chi connectivity index (χ0) is 14.7. The van der Waals surface area contributed by atoms with Crippen LogP contribution in [0.25, 0.3) is 11.3 Å². The van der Waals surface area contributed by atoms with Crippen molar-refractivity contribution in [1.82, 2.24) is 19.8 Å². The van der Waals surface area contributed by atoms with E-state index in [2.05, 4.69) is 19.8 Å². The Morgan fingerprint density at radius 2 is 1.95 bits per heavy atom. The maximum absolute atomic E-state index is 6.29. The number of benzene rings is 1.